The fraction of sp³-hybridized carbons (Fsp3) is 0.529. The molecule has 120 valence electrons. The van der Waals surface area contributed by atoms with Crippen LogP contribution in [0.25, 0.3) is 0 Å². The van der Waals surface area contributed by atoms with Crippen LogP contribution < -0.4 is 0 Å². The molecule has 0 radical (unpaired) electrons. The Labute approximate surface area is 136 Å². The van der Waals surface area contributed by atoms with Crippen molar-refractivity contribution in [3.8, 4) is 0 Å². The summed E-state index contributed by atoms with van der Waals surface area (Å²) in [6.45, 7) is 8.20. The smallest absolute Gasteiger partial charge is 0.416 e. The van der Waals surface area contributed by atoms with Crippen molar-refractivity contribution in [2.75, 3.05) is 6.61 Å². The van der Waals surface area contributed by atoms with Crippen LogP contribution in [-0.2, 0) is 9.53 Å². The average molecular weight is 321 g/mol. The molecular formula is C17H23NO3S. The minimum atomic E-state index is -0.507. The van der Waals surface area contributed by atoms with Gasteiger partial charge in [-0.1, -0.05) is 45.9 Å². The van der Waals surface area contributed by atoms with Gasteiger partial charge in [0, 0.05) is 16.1 Å². The maximum Gasteiger partial charge on any atom is 0.416 e. The van der Waals surface area contributed by atoms with Crippen molar-refractivity contribution >= 4 is 23.8 Å². The number of carbonyl (C=O) groups excluding carboxylic acids is 2. The third-order valence-electron chi connectivity index (χ3n) is 4.07. The quantitative estimate of drug-likeness (QED) is 0.774. The second-order valence-corrected chi connectivity index (χ2v) is 7.47. The zero-order valence-electron chi connectivity index (χ0n) is 13.5. The molecule has 1 fully saturated rings. The second-order valence-electron chi connectivity index (χ2n) is 6.02. The van der Waals surface area contributed by atoms with Crippen molar-refractivity contribution in [3.63, 3.8) is 0 Å². The summed E-state index contributed by atoms with van der Waals surface area (Å²) in [5.74, 6) is -0.200. The first-order valence-electron chi connectivity index (χ1n) is 7.63. The van der Waals surface area contributed by atoms with Gasteiger partial charge in [0.1, 0.15) is 6.61 Å². The van der Waals surface area contributed by atoms with E-state index >= 15 is 0 Å². The van der Waals surface area contributed by atoms with Crippen LogP contribution >= 0.6 is 11.8 Å². The van der Waals surface area contributed by atoms with E-state index in [9.17, 15) is 9.59 Å². The Morgan fingerprint density at radius 2 is 1.86 bits per heavy atom. The fourth-order valence-corrected chi connectivity index (χ4v) is 3.48. The highest BCUT2D eigenvalue weighted by molar-refractivity contribution is 8.00. The van der Waals surface area contributed by atoms with Gasteiger partial charge in [-0.25, -0.2) is 9.69 Å². The van der Waals surface area contributed by atoms with Crippen LogP contribution in [0.4, 0.5) is 4.79 Å². The van der Waals surface area contributed by atoms with Crippen LogP contribution in [0, 0.1) is 11.8 Å². The van der Waals surface area contributed by atoms with E-state index in [-0.39, 0.29) is 29.0 Å². The highest BCUT2D eigenvalue weighted by Crippen LogP contribution is 2.30. The van der Waals surface area contributed by atoms with E-state index in [2.05, 4.69) is 0 Å². The molecule has 1 aliphatic heterocycles. The molecule has 22 heavy (non-hydrogen) atoms. The largest absolute Gasteiger partial charge is 0.447 e. The molecule has 0 N–H and O–H groups in total. The summed E-state index contributed by atoms with van der Waals surface area (Å²) >= 11 is 1.65. The van der Waals surface area contributed by atoms with Crippen molar-refractivity contribution in [2.24, 2.45) is 11.8 Å². The fourth-order valence-electron chi connectivity index (χ4n) is 2.42. The molecule has 0 aliphatic carbocycles. The number of carbonyl (C=O) groups is 2. The second kappa shape index (κ2) is 7.18. The molecule has 2 rings (SSSR count). The first-order valence-corrected chi connectivity index (χ1v) is 8.51. The molecule has 1 aromatic carbocycles. The Morgan fingerprint density at radius 1 is 1.23 bits per heavy atom. The Bertz CT molecular complexity index is 532. The number of thioether (sulfide) groups is 1. The Balaban J connectivity index is 2.06. The zero-order valence-corrected chi connectivity index (χ0v) is 14.3. The third-order valence-corrected chi connectivity index (χ3v) is 5.40. The molecule has 0 spiro atoms. The van der Waals surface area contributed by atoms with Gasteiger partial charge in [-0.15, -0.1) is 11.8 Å². The van der Waals surface area contributed by atoms with E-state index in [1.807, 2.05) is 58.0 Å². The van der Waals surface area contributed by atoms with Crippen molar-refractivity contribution in [2.45, 2.75) is 43.9 Å². The zero-order chi connectivity index (χ0) is 16.3. The van der Waals surface area contributed by atoms with Gasteiger partial charge >= 0.3 is 6.09 Å². The van der Waals surface area contributed by atoms with E-state index < -0.39 is 6.09 Å². The van der Waals surface area contributed by atoms with E-state index in [0.717, 1.165) is 4.90 Å². The molecule has 2 amide bonds. The molecule has 4 nitrogen and oxygen atoms in total. The minimum Gasteiger partial charge on any atom is -0.447 e. The van der Waals surface area contributed by atoms with Crippen molar-refractivity contribution < 1.29 is 14.3 Å². The number of ether oxygens (including phenoxy) is 1. The van der Waals surface area contributed by atoms with Crippen LogP contribution in [0.2, 0.25) is 0 Å². The lowest BCUT2D eigenvalue weighted by atomic mass is 10.0. The number of nitrogens with zero attached hydrogens (tertiary/aromatic N) is 1. The molecule has 0 saturated carbocycles. The number of hydrogen-bond donors (Lipinski definition) is 0. The van der Waals surface area contributed by atoms with Gasteiger partial charge in [0.15, 0.2) is 0 Å². The normalized spacial score (nSPS) is 20.9. The number of amides is 2. The lowest BCUT2D eigenvalue weighted by molar-refractivity contribution is -0.133. The summed E-state index contributed by atoms with van der Waals surface area (Å²) in [6, 6.07) is 9.83. The number of cyclic esters (lactones) is 1. The van der Waals surface area contributed by atoms with Crippen LogP contribution in [0.3, 0.4) is 0 Å². The van der Waals surface area contributed by atoms with E-state index in [1.165, 1.54) is 4.90 Å². The summed E-state index contributed by atoms with van der Waals surface area (Å²) in [4.78, 5) is 27.0. The van der Waals surface area contributed by atoms with E-state index in [1.54, 1.807) is 11.8 Å². The lowest BCUT2D eigenvalue weighted by Gasteiger charge is -2.27. The van der Waals surface area contributed by atoms with Crippen LogP contribution in [-0.4, -0.2) is 34.8 Å². The molecule has 0 unspecified atom stereocenters. The molecule has 1 aliphatic rings. The first kappa shape index (κ1) is 16.9. The predicted molar refractivity (Wildman–Crippen MR) is 87.7 cm³/mol. The molecule has 0 aromatic heterocycles. The van der Waals surface area contributed by atoms with Gasteiger partial charge in [0.05, 0.1) is 6.04 Å². The molecule has 1 heterocycles. The molecule has 1 saturated heterocycles. The van der Waals surface area contributed by atoms with Crippen LogP contribution in [0.15, 0.2) is 35.2 Å². The minimum absolute atomic E-state index is 0.0797. The molecule has 5 heteroatoms. The number of imide groups is 1. The molecular weight excluding hydrogens is 298 g/mol. The lowest BCUT2D eigenvalue weighted by Crippen LogP contribution is -2.46. The van der Waals surface area contributed by atoms with Crippen molar-refractivity contribution in [3.05, 3.63) is 30.3 Å². The highest BCUT2D eigenvalue weighted by Gasteiger charge is 2.42. The predicted octanol–water partition coefficient (Wildman–Crippen LogP) is 3.81. The number of benzene rings is 1. The standard InChI is InChI=1S/C17H23NO3S/c1-11(2)15-10-21-17(20)18(15)16(19)12(3)13(4)22-14-8-6-5-7-9-14/h5-9,11-13,15H,10H2,1-4H3/t12-,13-,15+/m0/s1. The van der Waals surface area contributed by atoms with Gasteiger partial charge < -0.3 is 4.74 Å². The van der Waals surface area contributed by atoms with Gasteiger partial charge in [0.25, 0.3) is 0 Å². The maximum atomic E-state index is 12.7. The van der Waals surface area contributed by atoms with Gasteiger partial charge in [-0.2, -0.15) is 0 Å². The van der Waals surface area contributed by atoms with Crippen LogP contribution in [0.5, 0.6) is 0 Å². The topological polar surface area (TPSA) is 46.6 Å². The van der Waals surface area contributed by atoms with E-state index in [0.29, 0.717) is 6.61 Å². The summed E-state index contributed by atoms with van der Waals surface area (Å²) in [6.07, 6.45) is -0.507. The van der Waals surface area contributed by atoms with Crippen molar-refractivity contribution in [1.82, 2.24) is 4.90 Å². The Kier molecular flexibility index (Phi) is 5.51. The summed E-state index contributed by atoms with van der Waals surface area (Å²) in [5, 5.41) is 0.0797. The monoisotopic (exact) mass is 321 g/mol. The van der Waals surface area contributed by atoms with Gasteiger partial charge in [-0.3, -0.25) is 4.79 Å². The summed E-state index contributed by atoms with van der Waals surface area (Å²) < 4.78 is 5.07. The summed E-state index contributed by atoms with van der Waals surface area (Å²) in [7, 11) is 0. The molecule has 1 aromatic rings. The van der Waals surface area contributed by atoms with Gasteiger partial charge in [-0.05, 0) is 18.1 Å². The van der Waals surface area contributed by atoms with E-state index in [4.69, 9.17) is 4.74 Å². The number of rotatable bonds is 5. The Hall–Kier alpha value is -1.49. The van der Waals surface area contributed by atoms with Gasteiger partial charge in [0.2, 0.25) is 5.91 Å². The first-order chi connectivity index (χ1) is 10.4. The highest BCUT2D eigenvalue weighted by atomic mass is 32.2. The number of hydrogen-bond acceptors (Lipinski definition) is 4. The van der Waals surface area contributed by atoms with Crippen molar-refractivity contribution in [1.29, 1.82) is 0 Å². The SMILES string of the molecule is CC(C)[C@H]1COC(=O)N1C(=O)[C@@H](C)[C@H](C)Sc1ccccc1. The van der Waals surface area contributed by atoms with Crippen LogP contribution in [0.1, 0.15) is 27.7 Å². The molecule has 0 bridgehead atoms. The average Bonchev–Trinajstić information content (AvgIpc) is 2.88. The maximum absolute atomic E-state index is 12.7. The Morgan fingerprint density at radius 3 is 2.45 bits per heavy atom. The third kappa shape index (κ3) is 3.64. The molecule has 3 atom stereocenters. The summed E-state index contributed by atoms with van der Waals surface area (Å²) in [5.41, 5.74) is 0.